The number of nitrogens with two attached hydrogens (primary N) is 1. The normalized spacial score (nSPS) is 12.3. The predicted octanol–water partition coefficient (Wildman–Crippen LogP) is 11.1. The number of hydrogen-bond donors (Lipinski definition) is 1. The molecule has 9 rings (SSSR count). The Morgan fingerprint density at radius 1 is 0.490 bits per heavy atom. The Labute approximate surface area is 295 Å². The van der Waals surface area contributed by atoms with E-state index in [1.54, 1.807) is 0 Å². The van der Waals surface area contributed by atoms with Crippen LogP contribution >= 0.6 is 0 Å². The second kappa shape index (κ2) is 12.6. The molecule has 0 saturated carbocycles. The van der Waals surface area contributed by atoms with Crippen LogP contribution in [0.4, 0.5) is 0 Å². The molecule has 5 nitrogen and oxygen atoms in total. The summed E-state index contributed by atoms with van der Waals surface area (Å²) in [6.45, 7) is 2.02. The van der Waals surface area contributed by atoms with E-state index in [-0.39, 0.29) is 0 Å². The van der Waals surface area contributed by atoms with Gasteiger partial charge in [0.2, 0.25) is 0 Å². The van der Waals surface area contributed by atoms with Crippen molar-refractivity contribution in [1.82, 2.24) is 19.5 Å². The van der Waals surface area contributed by atoms with Gasteiger partial charge in [-0.15, -0.1) is 0 Å². The van der Waals surface area contributed by atoms with Crippen molar-refractivity contribution < 1.29 is 0 Å². The Morgan fingerprint density at radius 2 is 1.12 bits per heavy atom. The molecule has 0 atom stereocenters. The van der Waals surface area contributed by atoms with E-state index in [1.165, 1.54) is 21.5 Å². The molecule has 0 unspecified atom stereocenters. The summed E-state index contributed by atoms with van der Waals surface area (Å²) in [4.78, 5) is 14.9. The fourth-order valence-corrected chi connectivity index (χ4v) is 6.96. The van der Waals surface area contributed by atoms with Crippen molar-refractivity contribution in [3.8, 4) is 33.9 Å². The third-order valence-electron chi connectivity index (χ3n) is 9.55. The highest BCUT2D eigenvalue weighted by Crippen LogP contribution is 2.38. The molecule has 2 N–H and O–H groups in total. The summed E-state index contributed by atoms with van der Waals surface area (Å²) in [5.41, 5.74) is 14.2. The maximum Gasteiger partial charge on any atom is 0.164 e. The van der Waals surface area contributed by atoms with Gasteiger partial charge in [0, 0.05) is 21.9 Å². The molecule has 0 saturated heterocycles. The highest BCUT2D eigenvalue weighted by Gasteiger charge is 2.17. The van der Waals surface area contributed by atoms with Gasteiger partial charge in [0.1, 0.15) is 5.82 Å². The summed E-state index contributed by atoms with van der Waals surface area (Å²) in [6.07, 6.45) is 3.96. The summed E-state index contributed by atoms with van der Waals surface area (Å²) in [7, 11) is 0. The van der Waals surface area contributed by atoms with Gasteiger partial charge in [-0.3, -0.25) is 4.57 Å². The van der Waals surface area contributed by atoms with Crippen LogP contribution < -0.4 is 5.73 Å². The van der Waals surface area contributed by atoms with E-state index in [0.717, 1.165) is 49.6 Å². The van der Waals surface area contributed by atoms with Gasteiger partial charge in [-0.05, 0) is 69.4 Å². The van der Waals surface area contributed by atoms with Crippen LogP contribution in [-0.4, -0.2) is 19.5 Å². The van der Waals surface area contributed by atoms with Gasteiger partial charge in [0.15, 0.2) is 17.5 Å². The molecule has 2 aromatic heterocycles. The smallest absolute Gasteiger partial charge is 0.164 e. The molecule has 9 aromatic rings. The first-order chi connectivity index (χ1) is 25.1. The van der Waals surface area contributed by atoms with Crippen molar-refractivity contribution >= 4 is 54.7 Å². The summed E-state index contributed by atoms with van der Waals surface area (Å²) in [5.74, 6) is 2.44. The minimum absolute atomic E-state index is 0.593. The lowest BCUT2D eigenvalue weighted by Crippen LogP contribution is -2.06. The largest absolute Gasteiger partial charge is 0.385 e. The third-order valence-corrected chi connectivity index (χ3v) is 9.55. The van der Waals surface area contributed by atoms with Crippen molar-refractivity contribution in [2.45, 2.75) is 6.92 Å². The van der Waals surface area contributed by atoms with Gasteiger partial charge in [-0.25, -0.2) is 15.0 Å². The highest BCUT2D eigenvalue weighted by atomic mass is 15.1. The van der Waals surface area contributed by atoms with E-state index in [4.69, 9.17) is 20.7 Å². The summed E-state index contributed by atoms with van der Waals surface area (Å²) in [5, 5.41) is 7.04. The summed E-state index contributed by atoms with van der Waals surface area (Å²) >= 11 is 0. The molecule has 0 radical (unpaired) electrons. The van der Waals surface area contributed by atoms with E-state index in [9.17, 15) is 0 Å². The zero-order valence-corrected chi connectivity index (χ0v) is 28.0. The fourth-order valence-electron chi connectivity index (χ4n) is 6.96. The summed E-state index contributed by atoms with van der Waals surface area (Å²) in [6, 6.07) is 54.7. The molecule has 0 spiro atoms. The minimum Gasteiger partial charge on any atom is -0.385 e. The van der Waals surface area contributed by atoms with Gasteiger partial charge >= 0.3 is 0 Å². The predicted molar refractivity (Wildman–Crippen MR) is 213 cm³/mol. The Bertz CT molecular complexity index is 2810. The van der Waals surface area contributed by atoms with Gasteiger partial charge in [0.25, 0.3) is 0 Å². The van der Waals surface area contributed by atoms with Crippen LogP contribution in [0.5, 0.6) is 0 Å². The molecule has 0 aliphatic carbocycles. The van der Waals surface area contributed by atoms with Gasteiger partial charge < -0.3 is 5.73 Å². The molecule has 51 heavy (non-hydrogen) atoms. The summed E-state index contributed by atoms with van der Waals surface area (Å²) < 4.78 is 2.16. The van der Waals surface area contributed by atoms with Crippen LogP contribution in [0.25, 0.3) is 88.6 Å². The maximum absolute atomic E-state index is 7.05. The monoisotopic (exact) mass is 655 g/mol. The number of rotatable bonds is 6. The Hall–Kier alpha value is -6.85. The van der Waals surface area contributed by atoms with Crippen LogP contribution in [0.2, 0.25) is 0 Å². The van der Waals surface area contributed by atoms with Crippen LogP contribution in [0, 0.1) is 0 Å². The number of fused-ring (bicyclic) bond motifs is 6. The number of benzene rings is 7. The van der Waals surface area contributed by atoms with Crippen molar-refractivity contribution in [3.63, 3.8) is 0 Å². The van der Waals surface area contributed by atoms with Gasteiger partial charge in [-0.1, -0.05) is 146 Å². The van der Waals surface area contributed by atoms with Crippen molar-refractivity contribution in [2.24, 2.45) is 5.73 Å². The second-order valence-electron chi connectivity index (χ2n) is 12.8. The van der Waals surface area contributed by atoms with E-state index >= 15 is 0 Å². The van der Waals surface area contributed by atoms with E-state index in [1.807, 2.05) is 67.6 Å². The lowest BCUT2D eigenvalue weighted by atomic mass is 10.0. The molecule has 0 aliphatic rings. The molecular formula is C46H33N5. The average Bonchev–Trinajstić information content (AvgIpc) is 3.54. The lowest BCUT2D eigenvalue weighted by molar-refractivity contribution is 1.03. The quantitative estimate of drug-likeness (QED) is 0.181. The first-order valence-electron chi connectivity index (χ1n) is 17.1. The zero-order chi connectivity index (χ0) is 34.3. The highest BCUT2D eigenvalue weighted by molar-refractivity contribution is 6.22. The fraction of sp³-hybridized carbons (Fsp3) is 0.0217. The molecule has 5 heteroatoms. The van der Waals surface area contributed by atoms with E-state index < -0.39 is 0 Å². The second-order valence-corrected chi connectivity index (χ2v) is 12.8. The SMILES string of the molecule is C/C(=C\C=C(/N)n1c2cc(-c3ccccc3)ccc2c2c3ccccc3ccc21)c1nc(-c2ccccc2)nc(-c2ccc3ccccc3c2)n1. The Balaban J connectivity index is 1.19. The first kappa shape index (κ1) is 30.2. The maximum atomic E-state index is 7.05. The lowest BCUT2D eigenvalue weighted by Gasteiger charge is -2.10. The number of nitrogens with zero attached hydrogens (tertiary/aromatic N) is 4. The number of aromatic nitrogens is 4. The number of hydrogen-bond acceptors (Lipinski definition) is 4. The molecular weight excluding hydrogens is 623 g/mol. The van der Waals surface area contributed by atoms with Crippen molar-refractivity contribution in [2.75, 3.05) is 0 Å². The topological polar surface area (TPSA) is 69.6 Å². The average molecular weight is 656 g/mol. The van der Waals surface area contributed by atoms with E-state index in [0.29, 0.717) is 23.3 Å². The van der Waals surface area contributed by atoms with Crippen LogP contribution in [0.1, 0.15) is 12.7 Å². The van der Waals surface area contributed by atoms with Gasteiger partial charge in [-0.2, -0.15) is 0 Å². The molecule has 0 aliphatic heterocycles. The third kappa shape index (κ3) is 5.51. The molecule has 7 aromatic carbocycles. The Kier molecular flexibility index (Phi) is 7.44. The number of allylic oxidation sites excluding steroid dienone is 3. The van der Waals surface area contributed by atoms with Crippen LogP contribution in [-0.2, 0) is 0 Å². The molecule has 0 amide bonds. The van der Waals surface area contributed by atoms with Crippen LogP contribution in [0.3, 0.4) is 0 Å². The van der Waals surface area contributed by atoms with Crippen LogP contribution in [0.15, 0.2) is 170 Å². The molecule has 242 valence electrons. The standard InChI is InChI=1S/C46H33N5/c1-30(44-48-45(34-16-6-3-7-17-34)50-46(49-44)37-22-21-32-14-8-9-18-35(32)28-37)20-27-42(47)51-40-26-24-33-15-10-11-19-38(33)43(40)39-25-23-36(29-41(39)51)31-12-4-2-5-13-31/h2-29H,47H2,1H3/b30-20+,42-27+. The van der Waals surface area contributed by atoms with Gasteiger partial charge in [0.05, 0.1) is 11.0 Å². The zero-order valence-electron chi connectivity index (χ0n) is 28.0. The molecule has 2 heterocycles. The molecule has 0 fully saturated rings. The first-order valence-corrected chi connectivity index (χ1v) is 17.1. The van der Waals surface area contributed by atoms with Crippen molar-refractivity contribution in [3.05, 3.63) is 176 Å². The molecule has 0 bridgehead atoms. The Morgan fingerprint density at radius 3 is 1.90 bits per heavy atom. The van der Waals surface area contributed by atoms with E-state index in [2.05, 4.69) is 114 Å². The van der Waals surface area contributed by atoms with Crippen molar-refractivity contribution in [1.29, 1.82) is 0 Å². The minimum atomic E-state index is 0.593.